The molecule has 2 aromatic rings. The first-order valence-corrected chi connectivity index (χ1v) is 24.8. The summed E-state index contributed by atoms with van der Waals surface area (Å²) < 4.78 is 5.82. The zero-order valence-corrected chi connectivity index (χ0v) is 42.7. The first-order valence-electron chi connectivity index (χ1n) is 23.4. The Morgan fingerprint density at radius 2 is 1.42 bits per heavy atom. The molecule has 0 saturated carbocycles. The highest BCUT2D eigenvalue weighted by Crippen LogP contribution is 2.19. The van der Waals surface area contributed by atoms with Gasteiger partial charge in [-0.2, -0.15) is 11.8 Å². The molecule has 0 spiro atoms. The molecule has 20 nitrogen and oxygen atoms in total. The number of carbonyl (C=O) groups excluding carboxylic acids is 7. The van der Waals surface area contributed by atoms with Crippen LogP contribution in [0.25, 0.3) is 0 Å². The molecule has 3 rings (SSSR count). The third kappa shape index (κ3) is 18.3. The number of phenols is 1. The predicted molar refractivity (Wildman–Crippen MR) is 270 cm³/mol. The fraction of sp³-hybridized carbons (Fsp3) is 0.471. The van der Waals surface area contributed by atoms with Gasteiger partial charge in [-0.15, -0.1) is 0 Å². The van der Waals surface area contributed by atoms with Gasteiger partial charge >= 0.3 is 11.9 Å². The SMILES string of the molecule is C=C1C(=O)N[C@H](C)C(=O)N[C@@H](Cc2ccc(O)cc2)C(=O)N[C@@H](C(=O)O)[C@H](C)C(=O)N[C@@H](CCSC)C(=O)N[C@@H](/C=C/C(C)=C/[C@H](C)[C@H](Cc2ccccc2)OC)[C@H](C)C(=O)N[C@@H](C(=O)O)CCC(=O)N1C. The average Bonchev–Trinajstić information content (AvgIpc) is 3.34. The van der Waals surface area contributed by atoms with E-state index in [9.17, 15) is 58.5 Å². The Labute approximate surface area is 424 Å². The molecule has 1 aliphatic heterocycles. The van der Waals surface area contributed by atoms with Gasteiger partial charge in [0.05, 0.1) is 24.0 Å². The summed E-state index contributed by atoms with van der Waals surface area (Å²) in [4.78, 5) is 122. The summed E-state index contributed by atoms with van der Waals surface area (Å²) in [6.45, 7) is 11.4. The van der Waals surface area contributed by atoms with E-state index in [0.29, 0.717) is 17.7 Å². The average molecular weight is 1020 g/mol. The van der Waals surface area contributed by atoms with Gasteiger partial charge in [0.1, 0.15) is 41.7 Å². The second-order valence-electron chi connectivity index (χ2n) is 17.8. The molecule has 1 fully saturated rings. The molecule has 0 aliphatic carbocycles. The van der Waals surface area contributed by atoms with Crippen molar-refractivity contribution in [3.63, 3.8) is 0 Å². The number of hydrogen-bond acceptors (Lipinski definition) is 12. The zero-order chi connectivity index (χ0) is 53.8. The number of rotatable bonds is 14. The van der Waals surface area contributed by atoms with Crippen LogP contribution in [0.15, 0.2) is 90.7 Å². The van der Waals surface area contributed by atoms with Gasteiger partial charge in [-0.3, -0.25) is 33.6 Å². The highest BCUT2D eigenvalue weighted by atomic mass is 32.2. The van der Waals surface area contributed by atoms with Gasteiger partial charge in [-0.1, -0.05) is 93.6 Å². The molecule has 21 heteroatoms. The molecule has 0 bridgehead atoms. The number of thioether (sulfide) groups is 1. The number of phenolic OH excluding ortho intramolecular Hbond substituents is 1. The van der Waals surface area contributed by atoms with Crippen LogP contribution < -0.4 is 31.9 Å². The first-order chi connectivity index (χ1) is 34.0. The van der Waals surface area contributed by atoms with Crippen LogP contribution in [-0.4, -0.2) is 142 Å². The summed E-state index contributed by atoms with van der Waals surface area (Å²) in [5, 5.41) is 45.5. The fourth-order valence-corrected chi connectivity index (χ4v) is 8.03. The number of hydrogen-bond donors (Lipinski definition) is 9. The van der Waals surface area contributed by atoms with Gasteiger partial charge in [0.15, 0.2) is 0 Å². The number of aliphatic carboxylic acids is 2. The van der Waals surface area contributed by atoms with Crippen LogP contribution in [0.3, 0.4) is 0 Å². The van der Waals surface area contributed by atoms with E-state index < -0.39 is 120 Å². The number of carboxylic acids is 2. The zero-order valence-electron chi connectivity index (χ0n) is 41.9. The summed E-state index contributed by atoms with van der Waals surface area (Å²) >= 11 is 1.35. The van der Waals surface area contributed by atoms with E-state index in [0.717, 1.165) is 16.0 Å². The van der Waals surface area contributed by atoms with Crippen LogP contribution in [0.1, 0.15) is 65.0 Å². The molecule has 1 aliphatic rings. The molecule has 72 heavy (non-hydrogen) atoms. The van der Waals surface area contributed by atoms with Gasteiger partial charge < -0.3 is 56.9 Å². The van der Waals surface area contributed by atoms with Crippen LogP contribution in [-0.2, 0) is 60.7 Å². The number of carboxylic acid groups (broad SMARTS) is 2. The number of benzene rings is 2. The Balaban J connectivity index is 2.10. The molecule has 0 radical (unpaired) electrons. The topological polar surface area (TPSA) is 299 Å². The minimum atomic E-state index is -1.91. The molecule has 9 N–H and O–H groups in total. The van der Waals surface area contributed by atoms with E-state index in [4.69, 9.17) is 4.74 Å². The molecule has 392 valence electrons. The van der Waals surface area contributed by atoms with Crippen molar-refractivity contribution in [2.45, 2.75) is 109 Å². The number of amides is 7. The Morgan fingerprint density at radius 3 is 2.01 bits per heavy atom. The van der Waals surface area contributed by atoms with Crippen LogP contribution in [0, 0.1) is 17.8 Å². The quantitative estimate of drug-likeness (QED) is 0.0969. The molecular formula is C51H69N7O13S. The maximum absolute atomic E-state index is 14.3. The van der Waals surface area contributed by atoms with Crippen LogP contribution in [0.4, 0.5) is 0 Å². The lowest BCUT2D eigenvalue weighted by Crippen LogP contribution is -2.59. The summed E-state index contributed by atoms with van der Waals surface area (Å²) in [6, 6.07) is 6.52. The number of allylic oxidation sites excluding steroid dienone is 2. The lowest BCUT2D eigenvalue weighted by Gasteiger charge is -2.28. The van der Waals surface area contributed by atoms with E-state index in [1.54, 1.807) is 25.5 Å². The molecule has 0 aromatic heterocycles. The predicted octanol–water partition coefficient (Wildman–Crippen LogP) is 2.22. The Kier molecular flexibility index (Phi) is 23.7. The third-order valence-electron chi connectivity index (χ3n) is 12.3. The van der Waals surface area contributed by atoms with Crippen molar-refractivity contribution in [1.29, 1.82) is 0 Å². The van der Waals surface area contributed by atoms with Crippen molar-refractivity contribution >= 4 is 65.1 Å². The minimum Gasteiger partial charge on any atom is -0.508 e. The number of nitrogens with zero attached hydrogens (tertiary/aromatic N) is 1. The number of carbonyl (C=O) groups is 9. The van der Waals surface area contributed by atoms with E-state index in [2.05, 4.69) is 38.5 Å². The monoisotopic (exact) mass is 1020 g/mol. The van der Waals surface area contributed by atoms with Gasteiger partial charge in [-0.25, -0.2) is 9.59 Å². The lowest BCUT2D eigenvalue weighted by molar-refractivity contribution is -0.146. The molecule has 10 atom stereocenters. The van der Waals surface area contributed by atoms with E-state index in [1.807, 2.05) is 50.3 Å². The molecule has 1 saturated heterocycles. The summed E-state index contributed by atoms with van der Waals surface area (Å²) in [5.41, 5.74) is 1.79. The number of ether oxygens (including phenoxy) is 1. The van der Waals surface area contributed by atoms with E-state index >= 15 is 0 Å². The van der Waals surface area contributed by atoms with Gasteiger partial charge in [-0.05, 0) is 68.4 Å². The van der Waals surface area contributed by atoms with Crippen molar-refractivity contribution in [1.82, 2.24) is 36.8 Å². The Hall–Kier alpha value is -7.00. The number of likely N-dealkylation sites (N-methyl/N-ethyl adjacent to an activating group) is 1. The lowest BCUT2D eigenvalue weighted by atomic mass is 9.94. The van der Waals surface area contributed by atoms with E-state index in [1.165, 1.54) is 63.8 Å². The molecule has 2 aromatic carbocycles. The highest BCUT2D eigenvalue weighted by Gasteiger charge is 2.37. The van der Waals surface area contributed by atoms with Gasteiger partial charge in [0.25, 0.3) is 5.91 Å². The molecular weight excluding hydrogens is 951 g/mol. The van der Waals surface area contributed by atoms with Crippen LogP contribution in [0.2, 0.25) is 0 Å². The summed E-state index contributed by atoms with van der Waals surface area (Å²) in [5.74, 6) is -11.9. The largest absolute Gasteiger partial charge is 0.508 e. The van der Waals surface area contributed by atoms with Crippen molar-refractivity contribution in [3.05, 3.63) is 102 Å². The van der Waals surface area contributed by atoms with Gasteiger partial charge in [0.2, 0.25) is 35.4 Å². The second kappa shape index (κ2) is 28.7. The van der Waals surface area contributed by atoms with Crippen molar-refractivity contribution in [2.24, 2.45) is 17.8 Å². The fourth-order valence-electron chi connectivity index (χ4n) is 7.56. The van der Waals surface area contributed by atoms with Crippen molar-refractivity contribution < 1.29 is 63.2 Å². The van der Waals surface area contributed by atoms with Gasteiger partial charge in [0, 0.05) is 32.9 Å². The number of nitrogens with one attached hydrogen (secondary N) is 6. The maximum Gasteiger partial charge on any atom is 0.327 e. The van der Waals surface area contributed by atoms with Crippen LogP contribution >= 0.6 is 11.8 Å². The third-order valence-corrected chi connectivity index (χ3v) is 12.9. The highest BCUT2D eigenvalue weighted by molar-refractivity contribution is 7.98. The Morgan fingerprint density at radius 1 is 0.806 bits per heavy atom. The maximum atomic E-state index is 14.3. The summed E-state index contributed by atoms with van der Waals surface area (Å²) in [7, 11) is 2.82. The van der Waals surface area contributed by atoms with E-state index in [-0.39, 0.29) is 30.6 Å². The molecule has 0 unspecified atom stereocenters. The smallest absolute Gasteiger partial charge is 0.327 e. The second-order valence-corrected chi connectivity index (χ2v) is 18.8. The molecule has 7 amide bonds. The molecule has 1 heterocycles. The van der Waals surface area contributed by atoms with Crippen molar-refractivity contribution in [3.8, 4) is 5.75 Å². The minimum absolute atomic E-state index is 0.0360. The normalized spacial score (nSPS) is 25.1. The standard InChI is InChI=1S/C51H69N7O13S/c1-28(25-29(2)41(71-8)27-34-13-11-10-12-14-34)15-20-37-30(3)44(61)55-39(50(67)68)21-22-42(60)58(7)33(6)47(64)52-32(5)46(63)56-40(26-35-16-18-36(59)19-17-35)49(66)57-43(51(69)70)31(4)45(62)54-38(23-24-72-9)48(65)53-37/h10-20,25,29-32,37-41,43,59H,6,21-24,26-27H2,1-5,7-9H3,(H,52,64)(H,53,65)(H,54,62)(H,55,61)(H,56,63)(H,57,66)(H,67,68)(H,69,70)/b20-15+,28-25+/t29-,30-,31-,32+,37-,38-,39+,40-,41-,43+/m0/s1. The van der Waals surface area contributed by atoms with Crippen molar-refractivity contribution in [2.75, 3.05) is 26.2 Å². The Bertz CT molecular complexity index is 2330. The van der Waals surface area contributed by atoms with Crippen LogP contribution in [0.5, 0.6) is 5.75 Å². The number of aromatic hydroxyl groups is 1. The summed E-state index contributed by atoms with van der Waals surface area (Å²) in [6.07, 6.45) is 6.25. The number of methoxy groups -OCH3 is 1. The first kappa shape index (κ1) is 59.3.